The van der Waals surface area contributed by atoms with Gasteiger partial charge in [0.1, 0.15) is 5.75 Å². The maximum absolute atomic E-state index is 12.3. The second kappa shape index (κ2) is 10.4. The summed E-state index contributed by atoms with van der Waals surface area (Å²) in [6, 6.07) is 9.66. The largest absolute Gasteiger partial charge is 0.496 e. The van der Waals surface area contributed by atoms with Crippen molar-refractivity contribution in [2.45, 2.75) is 12.8 Å². The molecule has 0 aliphatic carbocycles. The van der Waals surface area contributed by atoms with Crippen LogP contribution in [0, 0.1) is 0 Å². The van der Waals surface area contributed by atoms with Crippen LogP contribution in [0.1, 0.15) is 22.3 Å². The number of anilines is 1. The van der Waals surface area contributed by atoms with Crippen LogP contribution in [0.25, 0.3) is 0 Å². The normalized spacial score (nSPS) is 10.6. The predicted octanol–water partition coefficient (Wildman–Crippen LogP) is 2.43. The number of nitrogens with zero attached hydrogens (tertiary/aromatic N) is 2. The summed E-state index contributed by atoms with van der Waals surface area (Å²) in [6.07, 6.45) is 5.07. The maximum atomic E-state index is 12.3. The molecule has 0 aliphatic heterocycles. The molecular formula is C20H28N4O2. The van der Waals surface area contributed by atoms with Crippen LogP contribution in [-0.4, -0.2) is 56.6 Å². The van der Waals surface area contributed by atoms with E-state index < -0.39 is 0 Å². The van der Waals surface area contributed by atoms with Crippen LogP contribution in [0.3, 0.4) is 0 Å². The van der Waals surface area contributed by atoms with Gasteiger partial charge in [-0.3, -0.25) is 9.78 Å². The third kappa shape index (κ3) is 6.37. The van der Waals surface area contributed by atoms with Crippen LogP contribution in [0.2, 0.25) is 0 Å². The van der Waals surface area contributed by atoms with E-state index in [0.717, 1.165) is 36.5 Å². The van der Waals surface area contributed by atoms with Gasteiger partial charge in [0.2, 0.25) is 0 Å². The topological polar surface area (TPSA) is 66.5 Å². The molecule has 1 aromatic carbocycles. The number of para-hydroxylation sites is 1. The molecule has 0 spiro atoms. The lowest BCUT2D eigenvalue weighted by atomic mass is 10.1. The van der Waals surface area contributed by atoms with Crippen LogP contribution in [0.15, 0.2) is 42.7 Å². The van der Waals surface area contributed by atoms with Crippen LogP contribution in [0.4, 0.5) is 5.69 Å². The Labute approximate surface area is 155 Å². The second-order valence-corrected chi connectivity index (χ2v) is 6.36. The number of benzene rings is 1. The lowest BCUT2D eigenvalue weighted by Gasteiger charge is -2.11. The van der Waals surface area contributed by atoms with E-state index in [1.165, 1.54) is 0 Å². The number of rotatable bonds is 10. The highest BCUT2D eigenvalue weighted by molar-refractivity contribution is 5.94. The molecule has 1 aromatic heterocycles. The highest BCUT2D eigenvalue weighted by Gasteiger charge is 2.08. The highest BCUT2D eigenvalue weighted by Crippen LogP contribution is 2.17. The van der Waals surface area contributed by atoms with Gasteiger partial charge in [0.05, 0.1) is 18.4 Å². The molecule has 2 N–H and O–H groups in total. The predicted molar refractivity (Wildman–Crippen MR) is 105 cm³/mol. The van der Waals surface area contributed by atoms with Gasteiger partial charge in [0.25, 0.3) is 5.91 Å². The standard InChI is InChI=1S/C20H28N4O2/c1-24(2)12-6-10-22-18-13-17(14-21-15-18)20(25)23-11-9-16-7-4-5-8-19(16)26-3/h4-5,7-8,13-15,22H,6,9-12H2,1-3H3,(H,23,25). The number of pyridine rings is 1. The maximum Gasteiger partial charge on any atom is 0.252 e. The fraction of sp³-hybridized carbons (Fsp3) is 0.400. The monoisotopic (exact) mass is 356 g/mol. The van der Waals surface area contributed by atoms with Gasteiger partial charge in [-0.2, -0.15) is 0 Å². The number of amides is 1. The second-order valence-electron chi connectivity index (χ2n) is 6.36. The van der Waals surface area contributed by atoms with Crippen LogP contribution in [0.5, 0.6) is 5.75 Å². The number of ether oxygens (including phenoxy) is 1. The average Bonchev–Trinajstić information content (AvgIpc) is 2.65. The van der Waals surface area contributed by atoms with Gasteiger partial charge in [-0.1, -0.05) is 18.2 Å². The van der Waals surface area contributed by atoms with Crippen molar-refractivity contribution in [2.24, 2.45) is 0 Å². The van der Waals surface area contributed by atoms with E-state index in [9.17, 15) is 4.79 Å². The molecule has 0 fully saturated rings. The Morgan fingerprint density at radius 1 is 1.19 bits per heavy atom. The molecule has 0 atom stereocenters. The number of hydrogen-bond donors (Lipinski definition) is 2. The Morgan fingerprint density at radius 3 is 2.77 bits per heavy atom. The van der Waals surface area contributed by atoms with Gasteiger partial charge in [-0.15, -0.1) is 0 Å². The van der Waals surface area contributed by atoms with E-state index in [1.807, 2.05) is 30.3 Å². The molecule has 0 saturated heterocycles. The smallest absolute Gasteiger partial charge is 0.252 e. The lowest BCUT2D eigenvalue weighted by Crippen LogP contribution is -2.26. The molecule has 0 unspecified atom stereocenters. The van der Waals surface area contributed by atoms with E-state index >= 15 is 0 Å². The highest BCUT2D eigenvalue weighted by atomic mass is 16.5. The molecule has 140 valence electrons. The molecule has 0 saturated carbocycles. The Balaban J connectivity index is 1.82. The first-order chi connectivity index (χ1) is 12.6. The van der Waals surface area contributed by atoms with Crippen molar-refractivity contribution in [3.63, 3.8) is 0 Å². The Morgan fingerprint density at radius 2 is 2.00 bits per heavy atom. The van der Waals surface area contributed by atoms with Crippen molar-refractivity contribution in [2.75, 3.05) is 46.2 Å². The van der Waals surface area contributed by atoms with Crippen molar-refractivity contribution in [3.8, 4) is 5.75 Å². The number of carbonyl (C=O) groups is 1. The summed E-state index contributed by atoms with van der Waals surface area (Å²) in [5.41, 5.74) is 2.49. The quantitative estimate of drug-likeness (QED) is 0.640. The summed E-state index contributed by atoms with van der Waals surface area (Å²) in [6.45, 7) is 2.40. The van der Waals surface area contributed by atoms with E-state index in [2.05, 4.69) is 34.6 Å². The zero-order valence-corrected chi connectivity index (χ0v) is 15.8. The van der Waals surface area contributed by atoms with Gasteiger partial charge < -0.3 is 20.3 Å². The first kappa shape index (κ1) is 19.7. The molecule has 1 heterocycles. The summed E-state index contributed by atoms with van der Waals surface area (Å²) in [5.74, 6) is 0.719. The Hall–Kier alpha value is -2.60. The lowest BCUT2D eigenvalue weighted by molar-refractivity contribution is 0.0953. The zero-order chi connectivity index (χ0) is 18.8. The summed E-state index contributed by atoms with van der Waals surface area (Å²) in [4.78, 5) is 18.6. The van der Waals surface area contributed by atoms with Crippen molar-refractivity contribution >= 4 is 11.6 Å². The Kier molecular flexibility index (Phi) is 7.89. The van der Waals surface area contributed by atoms with Crippen LogP contribution in [-0.2, 0) is 6.42 Å². The van der Waals surface area contributed by atoms with Gasteiger partial charge in [0.15, 0.2) is 0 Å². The summed E-state index contributed by atoms with van der Waals surface area (Å²) in [7, 11) is 5.76. The number of methoxy groups -OCH3 is 1. The minimum Gasteiger partial charge on any atom is -0.496 e. The van der Waals surface area contributed by atoms with Crippen LogP contribution >= 0.6 is 0 Å². The third-order valence-electron chi connectivity index (χ3n) is 3.98. The van der Waals surface area contributed by atoms with E-state index in [-0.39, 0.29) is 5.91 Å². The summed E-state index contributed by atoms with van der Waals surface area (Å²) < 4.78 is 5.33. The van der Waals surface area contributed by atoms with E-state index in [0.29, 0.717) is 18.5 Å². The first-order valence-corrected chi connectivity index (χ1v) is 8.84. The molecule has 6 heteroatoms. The van der Waals surface area contributed by atoms with Gasteiger partial charge in [0, 0.05) is 25.5 Å². The van der Waals surface area contributed by atoms with Gasteiger partial charge in [-0.05, 0) is 51.2 Å². The molecule has 1 amide bonds. The number of aromatic nitrogens is 1. The van der Waals surface area contributed by atoms with Gasteiger partial charge >= 0.3 is 0 Å². The summed E-state index contributed by atoms with van der Waals surface area (Å²) >= 11 is 0. The molecule has 0 radical (unpaired) electrons. The molecular weight excluding hydrogens is 328 g/mol. The third-order valence-corrected chi connectivity index (χ3v) is 3.98. The van der Waals surface area contributed by atoms with Crippen molar-refractivity contribution < 1.29 is 9.53 Å². The number of nitrogens with one attached hydrogen (secondary N) is 2. The molecule has 0 bridgehead atoms. The SMILES string of the molecule is COc1ccccc1CCNC(=O)c1cncc(NCCCN(C)C)c1. The van der Waals surface area contributed by atoms with Gasteiger partial charge in [-0.25, -0.2) is 0 Å². The minimum atomic E-state index is -0.121. The first-order valence-electron chi connectivity index (χ1n) is 8.84. The Bertz CT molecular complexity index is 704. The van der Waals surface area contributed by atoms with Crippen LogP contribution < -0.4 is 15.4 Å². The van der Waals surface area contributed by atoms with E-state index in [4.69, 9.17) is 4.74 Å². The molecule has 26 heavy (non-hydrogen) atoms. The molecule has 2 rings (SSSR count). The average molecular weight is 356 g/mol. The fourth-order valence-electron chi connectivity index (χ4n) is 2.61. The van der Waals surface area contributed by atoms with Crippen molar-refractivity contribution in [3.05, 3.63) is 53.9 Å². The molecule has 6 nitrogen and oxygen atoms in total. The number of carbonyl (C=O) groups excluding carboxylic acids is 1. The van der Waals surface area contributed by atoms with E-state index in [1.54, 1.807) is 19.5 Å². The van der Waals surface area contributed by atoms with Crippen molar-refractivity contribution in [1.29, 1.82) is 0 Å². The number of hydrogen-bond acceptors (Lipinski definition) is 5. The summed E-state index contributed by atoms with van der Waals surface area (Å²) in [5, 5.41) is 6.25. The van der Waals surface area contributed by atoms with Crippen molar-refractivity contribution in [1.82, 2.24) is 15.2 Å². The fourth-order valence-corrected chi connectivity index (χ4v) is 2.61. The molecule has 0 aliphatic rings. The molecule has 2 aromatic rings. The minimum absolute atomic E-state index is 0.121. The zero-order valence-electron chi connectivity index (χ0n) is 15.8.